The number of hydrogen-bond donors (Lipinski definition) is 2. The molecule has 0 saturated heterocycles. The quantitative estimate of drug-likeness (QED) is 0.801. The maximum Gasteiger partial charge on any atom is 0.240 e. The van der Waals surface area contributed by atoms with Gasteiger partial charge in [0.05, 0.1) is 10.9 Å². The number of aryl methyl sites for hydroxylation is 1. The molecule has 126 valence electrons. The van der Waals surface area contributed by atoms with Crippen molar-refractivity contribution in [1.29, 1.82) is 0 Å². The summed E-state index contributed by atoms with van der Waals surface area (Å²) in [5.74, 6) is 1.16. The van der Waals surface area contributed by atoms with E-state index in [2.05, 4.69) is 20.2 Å². The van der Waals surface area contributed by atoms with Gasteiger partial charge in [0.15, 0.2) is 0 Å². The van der Waals surface area contributed by atoms with E-state index in [1.165, 1.54) is 7.05 Å². The van der Waals surface area contributed by atoms with Crippen molar-refractivity contribution in [3.8, 4) is 0 Å². The fourth-order valence-corrected chi connectivity index (χ4v) is 2.91. The molecule has 1 aromatic heterocycles. The molecule has 0 unspecified atom stereocenters. The Balaban J connectivity index is 2.07. The molecule has 0 aliphatic carbocycles. The molecule has 0 fully saturated rings. The average Bonchev–Trinajstić information content (AvgIpc) is 3.04. The Bertz CT molecular complexity index is 740. The van der Waals surface area contributed by atoms with Crippen molar-refractivity contribution in [2.75, 3.05) is 7.05 Å². The van der Waals surface area contributed by atoms with Gasteiger partial charge in [-0.2, -0.15) is 0 Å². The normalized spacial score (nSPS) is 14.6. The number of benzene rings is 1. The summed E-state index contributed by atoms with van der Waals surface area (Å²) >= 11 is 0. The smallest absolute Gasteiger partial charge is 0.240 e. The number of nitrogens with zero attached hydrogens (tertiary/aromatic N) is 2. The van der Waals surface area contributed by atoms with Gasteiger partial charge in [0.2, 0.25) is 21.8 Å². The lowest BCUT2D eigenvalue weighted by Crippen LogP contribution is -2.23. The first-order valence-corrected chi connectivity index (χ1v) is 8.97. The van der Waals surface area contributed by atoms with Crippen LogP contribution in [0.5, 0.6) is 0 Å². The van der Waals surface area contributed by atoms with E-state index in [0.29, 0.717) is 18.2 Å². The first-order chi connectivity index (χ1) is 10.9. The number of rotatable bonds is 7. The summed E-state index contributed by atoms with van der Waals surface area (Å²) in [5, 5.41) is 11.3. The van der Waals surface area contributed by atoms with Crippen molar-refractivity contribution in [3.63, 3.8) is 0 Å². The third-order valence-corrected chi connectivity index (χ3v) is 5.04. The summed E-state index contributed by atoms with van der Waals surface area (Å²) in [6.07, 6.45) is 0.705. The SMILES string of the molecule is CCc1nnc([C@H](C)N[C@H](C)c2ccc(S(=O)(=O)NC)cc2)o1. The second kappa shape index (κ2) is 7.20. The maximum absolute atomic E-state index is 11.7. The molecule has 0 radical (unpaired) electrons. The molecule has 0 spiro atoms. The second-order valence-electron chi connectivity index (χ2n) is 5.27. The van der Waals surface area contributed by atoms with Gasteiger partial charge in [0.25, 0.3) is 0 Å². The molecule has 0 bridgehead atoms. The lowest BCUT2D eigenvalue weighted by molar-refractivity contribution is 0.374. The van der Waals surface area contributed by atoms with Gasteiger partial charge in [-0.25, -0.2) is 13.1 Å². The minimum absolute atomic E-state index is 0.00770. The summed E-state index contributed by atoms with van der Waals surface area (Å²) in [6, 6.07) is 6.67. The molecule has 8 heteroatoms. The molecule has 0 amide bonds. The first kappa shape index (κ1) is 17.6. The van der Waals surface area contributed by atoms with Gasteiger partial charge in [0.1, 0.15) is 0 Å². The third-order valence-electron chi connectivity index (χ3n) is 3.61. The van der Waals surface area contributed by atoms with Crippen LogP contribution >= 0.6 is 0 Å². The van der Waals surface area contributed by atoms with Gasteiger partial charge in [-0.05, 0) is 38.6 Å². The van der Waals surface area contributed by atoms with Crippen molar-refractivity contribution >= 4 is 10.0 Å². The molecule has 1 aromatic carbocycles. The van der Waals surface area contributed by atoms with Gasteiger partial charge >= 0.3 is 0 Å². The van der Waals surface area contributed by atoms with Crippen LogP contribution in [0.25, 0.3) is 0 Å². The van der Waals surface area contributed by atoms with Crippen LogP contribution in [0.4, 0.5) is 0 Å². The van der Waals surface area contributed by atoms with E-state index < -0.39 is 10.0 Å². The molecule has 23 heavy (non-hydrogen) atoms. The topological polar surface area (TPSA) is 97.1 Å². The van der Waals surface area contributed by atoms with E-state index in [0.717, 1.165) is 5.56 Å². The molecule has 0 aliphatic rings. The fraction of sp³-hybridized carbons (Fsp3) is 0.467. The van der Waals surface area contributed by atoms with Gasteiger partial charge in [0, 0.05) is 12.5 Å². The van der Waals surface area contributed by atoms with Crippen LogP contribution < -0.4 is 10.0 Å². The lowest BCUT2D eigenvalue weighted by Gasteiger charge is -2.18. The Morgan fingerprint density at radius 3 is 2.30 bits per heavy atom. The Hall–Kier alpha value is -1.77. The van der Waals surface area contributed by atoms with Crippen LogP contribution in [0.15, 0.2) is 33.6 Å². The van der Waals surface area contributed by atoms with Crippen LogP contribution in [-0.2, 0) is 16.4 Å². The number of aromatic nitrogens is 2. The number of hydrogen-bond acceptors (Lipinski definition) is 6. The lowest BCUT2D eigenvalue weighted by atomic mass is 10.1. The number of sulfonamides is 1. The zero-order valence-corrected chi connectivity index (χ0v) is 14.5. The summed E-state index contributed by atoms with van der Waals surface area (Å²) in [7, 11) is -2.02. The summed E-state index contributed by atoms with van der Waals surface area (Å²) in [4.78, 5) is 0.244. The maximum atomic E-state index is 11.7. The highest BCUT2D eigenvalue weighted by Gasteiger charge is 2.17. The highest BCUT2D eigenvalue weighted by Crippen LogP contribution is 2.20. The van der Waals surface area contributed by atoms with Gasteiger partial charge < -0.3 is 4.42 Å². The van der Waals surface area contributed by atoms with Crippen molar-refractivity contribution in [1.82, 2.24) is 20.2 Å². The predicted molar refractivity (Wildman–Crippen MR) is 86.3 cm³/mol. The zero-order chi connectivity index (χ0) is 17.0. The highest BCUT2D eigenvalue weighted by atomic mass is 32.2. The van der Waals surface area contributed by atoms with E-state index in [1.807, 2.05) is 20.8 Å². The van der Waals surface area contributed by atoms with Crippen molar-refractivity contribution in [2.24, 2.45) is 0 Å². The molecule has 1 heterocycles. The fourth-order valence-electron chi connectivity index (χ4n) is 2.18. The highest BCUT2D eigenvalue weighted by molar-refractivity contribution is 7.89. The molecular formula is C15H22N4O3S. The summed E-state index contributed by atoms with van der Waals surface area (Å²) in [5.41, 5.74) is 0.974. The predicted octanol–water partition coefficient (Wildman–Crippen LogP) is 1.95. The van der Waals surface area contributed by atoms with Crippen LogP contribution in [-0.4, -0.2) is 25.7 Å². The van der Waals surface area contributed by atoms with Gasteiger partial charge in [-0.3, -0.25) is 5.32 Å². The number of nitrogens with one attached hydrogen (secondary N) is 2. The third kappa shape index (κ3) is 4.15. The van der Waals surface area contributed by atoms with Crippen LogP contribution in [0, 0.1) is 0 Å². The van der Waals surface area contributed by atoms with Gasteiger partial charge in [-0.1, -0.05) is 19.1 Å². The van der Waals surface area contributed by atoms with Crippen LogP contribution in [0.2, 0.25) is 0 Å². The molecule has 2 N–H and O–H groups in total. The van der Waals surface area contributed by atoms with Crippen molar-refractivity contribution in [2.45, 2.75) is 44.2 Å². The van der Waals surface area contributed by atoms with Crippen molar-refractivity contribution in [3.05, 3.63) is 41.6 Å². The Morgan fingerprint density at radius 2 is 1.78 bits per heavy atom. The van der Waals surface area contributed by atoms with Gasteiger partial charge in [-0.15, -0.1) is 10.2 Å². The minimum Gasteiger partial charge on any atom is -0.424 e. The second-order valence-corrected chi connectivity index (χ2v) is 7.16. The van der Waals surface area contributed by atoms with Crippen molar-refractivity contribution < 1.29 is 12.8 Å². The van der Waals surface area contributed by atoms with E-state index in [1.54, 1.807) is 24.3 Å². The molecular weight excluding hydrogens is 316 g/mol. The molecule has 7 nitrogen and oxygen atoms in total. The minimum atomic E-state index is -3.41. The zero-order valence-electron chi connectivity index (χ0n) is 13.7. The molecule has 0 aliphatic heterocycles. The van der Waals surface area contributed by atoms with E-state index >= 15 is 0 Å². The standard InChI is InChI=1S/C15H22N4O3S/c1-5-14-18-19-15(22-14)11(3)17-10(2)12-6-8-13(9-7-12)23(20,21)16-4/h6-11,16-17H,5H2,1-4H3/t10-,11+/m1/s1. The summed E-state index contributed by atoms with van der Waals surface area (Å²) in [6.45, 7) is 5.90. The largest absolute Gasteiger partial charge is 0.424 e. The Morgan fingerprint density at radius 1 is 1.13 bits per heavy atom. The monoisotopic (exact) mass is 338 g/mol. The first-order valence-electron chi connectivity index (χ1n) is 7.49. The van der Waals surface area contributed by atoms with E-state index in [4.69, 9.17) is 4.42 Å². The van der Waals surface area contributed by atoms with Crippen LogP contribution in [0.3, 0.4) is 0 Å². The molecule has 2 rings (SSSR count). The summed E-state index contributed by atoms with van der Waals surface area (Å²) < 4.78 is 31.3. The molecule has 2 atom stereocenters. The molecule has 0 saturated carbocycles. The van der Waals surface area contributed by atoms with E-state index in [-0.39, 0.29) is 17.0 Å². The molecule has 2 aromatic rings. The average molecular weight is 338 g/mol. The van der Waals surface area contributed by atoms with Crippen LogP contribution in [0.1, 0.15) is 50.2 Å². The Labute approximate surface area is 136 Å². The Kier molecular flexibility index (Phi) is 5.51. The van der Waals surface area contributed by atoms with E-state index in [9.17, 15) is 8.42 Å².